The van der Waals surface area contributed by atoms with E-state index >= 15 is 0 Å². The number of carbonyl (C=O) groups excluding carboxylic acids is 1. The summed E-state index contributed by atoms with van der Waals surface area (Å²) in [6.07, 6.45) is 0. The molecule has 2 N–H and O–H groups in total. The quantitative estimate of drug-likeness (QED) is 0.323. The number of alkyl halides is 3. The molecule has 11 heavy (non-hydrogen) atoms. The number of hydrogen-bond acceptors (Lipinski definition) is 2. The molecule has 0 rings (SSSR count). The lowest BCUT2D eigenvalue weighted by Gasteiger charge is -2.15. The summed E-state index contributed by atoms with van der Waals surface area (Å²) in [5, 5.41) is 2.91. The summed E-state index contributed by atoms with van der Waals surface area (Å²) in [5.41, 5.74) is 12.7. The van der Waals surface area contributed by atoms with Crippen molar-refractivity contribution in [3.63, 3.8) is 0 Å². The molecule has 0 heterocycles. The summed E-state index contributed by atoms with van der Waals surface area (Å²) in [4.78, 5) is 12.7. The van der Waals surface area contributed by atoms with Crippen molar-refractivity contribution in [2.24, 2.45) is 10.8 Å². The van der Waals surface area contributed by atoms with Gasteiger partial charge in [0.1, 0.15) is 0 Å². The van der Waals surface area contributed by atoms with E-state index in [2.05, 4.69) is 10.0 Å². The minimum atomic E-state index is -1.99. The number of primary amides is 1. The van der Waals surface area contributed by atoms with Gasteiger partial charge in [0.15, 0.2) is 6.04 Å². The minimum Gasteiger partial charge on any atom is -0.369 e. The van der Waals surface area contributed by atoms with Gasteiger partial charge in [-0.1, -0.05) is 39.9 Å². The first-order chi connectivity index (χ1) is 4.89. The third kappa shape index (κ3) is 3.53. The molecule has 0 saturated carbocycles. The van der Waals surface area contributed by atoms with Gasteiger partial charge in [-0.05, 0) is 5.53 Å². The normalized spacial score (nSPS) is 13.4. The number of rotatable bonds is 2. The summed E-state index contributed by atoms with van der Waals surface area (Å²) in [6, 6.07) is -1.47. The predicted octanol–water partition coefficient (Wildman–Crippen LogP) is 1.52. The molecule has 0 aromatic rings. The molecule has 0 aromatic carbocycles. The Labute approximate surface area is 77.0 Å². The lowest BCUT2D eigenvalue weighted by Crippen LogP contribution is -2.37. The highest BCUT2D eigenvalue weighted by Crippen LogP contribution is 2.32. The smallest absolute Gasteiger partial charge is 0.230 e. The molecule has 0 bridgehead atoms. The van der Waals surface area contributed by atoms with Crippen LogP contribution in [-0.2, 0) is 4.79 Å². The van der Waals surface area contributed by atoms with E-state index in [0.29, 0.717) is 0 Å². The van der Waals surface area contributed by atoms with Crippen molar-refractivity contribution in [1.82, 2.24) is 0 Å². The van der Waals surface area contributed by atoms with Crippen LogP contribution in [0.2, 0.25) is 0 Å². The first-order valence-corrected chi connectivity index (χ1v) is 3.43. The van der Waals surface area contributed by atoms with Crippen molar-refractivity contribution in [1.29, 1.82) is 0 Å². The molecule has 0 aliphatic carbocycles. The molecule has 1 amide bonds. The Morgan fingerprint density at radius 1 is 1.64 bits per heavy atom. The molecule has 0 fully saturated rings. The number of azide groups is 1. The van der Waals surface area contributed by atoms with E-state index in [9.17, 15) is 4.79 Å². The van der Waals surface area contributed by atoms with E-state index in [-0.39, 0.29) is 0 Å². The van der Waals surface area contributed by atoms with Crippen molar-refractivity contribution in [2.45, 2.75) is 9.83 Å². The predicted molar refractivity (Wildman–Crippen MR) is 42.4 cm³/mol. The van der Waals surface area contributed by atoms with Gasteiger partial charge in [-0.15, -0.1) is 0 Å². The molecule has 62 valence electrons. The Hall–Kier alpha value is -0.350. The monoisotopic (exact) mass is 216 g/mol. The van der Waals surface area contributed by atoms with Gasteiger partial charge in [0, 0.05) is 4.91 Å². The first-order valence-electron chi connectivity index (χ1n) is 2.30. The lowest BCUT2D eigenvalue weighted by atomic mass is 10.3. The second-order valence-corrected chi connectivity index (χ2v) is 3.92. The number of hydrogen-bond donors (Lipinski definition) is 1. The molecular formula is C3H3Cl3N4O. The summed E-state index contributed by atoms with van der Waals surface area (Å²) in [7, 11) is 0. The Morgan fingerprint density at radius 3 is 2.18 bits per heavy atom. The SMILES string of the molecule is [N-]=[N+]=NC(C(N)=O)C(Cl)(Cl)Cl. The van der Waals surface area contributed by atoms with Gasteiger partial charge >= 0.3 is 0 Å². The largest absolute Gasteiger partial charge is 0.369 e. The molecule has 8 heteroatoms. The highest BCUT2D eigenvalue weighted by molar-refractivity contribution is 6.69. The van der Waals surface area contributed by atoms with E-state index in [4.69, 9.17) is 46.1 Å². The highest BCUT2D eigenvalue weighted by atomic mass is 35.6. The average Bonchev–Trinajstić information content (AvgIpc) is 1.79. The fourth-order valence-electron chi connectivity index (χ4n) is 0.335. The average molecular weight is 217 g/mol. The van der Waals surface area contributed by atoms with Gasteiger partial charge < -0.3 is 5.73 Å². The minimum absolute atomic E-state index is 0.984. The van der Waals surface area contributed by atoms with Crippen LogP contribution in [0, 0.1) is 0 Å². The lowest BCUT2D eigenvalue weighted by molar-refractivity contribution is -0.119. The van der Waals surface area contributed by atoms with Crippen molar-refractivity contribution >= 4 is 40.7 Å². The Morgan fingerprint density at radius 2 is 2.09 bits per heavy atom. The second-order valence-electron chi connectivity index (χ2n) is 1.55. The number of halogens is 3. The van der Waals surface area contributed by atoms with Crippen LogP contribution >= 0.6 is 34.8 Å². The van der Waals surface area contributed by atoms with Gasteiger partial charge in [0.25, 0.3) is 0 Å². The molecule has 5 nitrogen and oxygen atoms in total. The second kappa shape index (κ2) is 3.88. The molecule has 1 unspecified atom stereocenters. The van der Waals surface area contributed by atoms with Crippen molar-refractivity contribution in [3.8, 4) is 0 Å². The van der Waals surface area contributed by atoms with E-state index in [0.717, 1.165) is 0 Å². The van der Waals surface area contributed by atoms with Crippen LogP contribution in [0.3, 0.4) is 0 Å². The number of amides is 1. The molecule has 0 saturated heterocycles. The zero-order valence-corrected chi connectivity index (χ0v) is 7.31. The van der Waals surface area contributed by atoms with Crippen LogP contribution < -0.4 is 5.73 Å². The molecule has 0 aromatic heterocycles. The van der Waals surface area contributed by atoms with Crippen LogP contribution in [0.15, 0.2) is 5.11 Å². The van der Waals surface area contributed by atoms with E-state index in [1.807, 2.05) is 0 Å². The summed E-state index contributed by atoms with van der Waals surface area (Å²) in [5.74, 6) is -0.984. The maximum atomic E-state index is 10.4. The van der Waals surface area contributed by atoms with Gasteiger partial charge in [0.05, 0.1) is 0 Å². The Kier molecular flexibility index (Phi) is 3.75. The van der Waals surface area contributed by atoms with Crippen LogP contribution in [0.4, 0.5) is 0 Å². The number of nitrogens with two attached hydrogens (primary N) is 1. The zero-order chi connectivity index (χ0) is 9.07. The summed E-state index contributed by atoms with van der Waals surface area (Å²) >= 11 is 15.7. The standard InChI is InChI=1S/C3H3Cl3N4O/c4-3(5,6)1(2(7)11)9-10-8/h1H,(H2,7,11). The Bertz CT molecular complexity index is 203. The number of nitrogens with zero attached hydrogens (tertiary/aromatic N) is 3. The third-order valence-electron chi connectivity index (χ3n) is 0.747. The third-order valence-corrected chi connectivity index (χ3v) is 1.37. The zero-order valence-electron chi connectivity index (χ0n) is 5.04. The first kappa shape index (κ1) is 10.7. The molecule has 1 atom stereocenters. The topological polar surface area (TPSA) is 91.8 Å². The van der Waals surface area contributed by atoms with Gasteiger partial charge in [-0.2, -0.15) is 0 Å². The van der Waals surface area contributed by atoms with Crippen LogP contribution in [0.25, 0.3) is 10.4 Å². The number of carbonyl (C=O) groups is 1. The fraction of sp³-hybridized carbons (Fsp3) is 0.667. The van der Waals surface area contributed by atoms with Gasteiger partial charge in [0.2, 0.25) is 9.70 Å². The molecular weight excluding hydrogens is 214 g/mol. The van der Waals surface area contributed by atoms with E-state index < -0.39 is 15.7 Å². The fourth-order valence-corrected chi connectivity index (χ4v) is 0.789. The van der Waals surface area contributed by atoms with Crippen LogP contribution in [-0.4, -0.2) is 15.7 Å². The molecule has 0 spiro atoms. The van der Waals surface area contributed by atoms with Gasteiger partial charge in [-0.25, -0.2) is 0 Å². The molecule has 0 radical (unpaired) electrons. The maximum absolute atomic E-state index is 10.4. The van der Waals surface area contributed by atoms with E-state index in [1.54, 1.807) is 0 Å². The Balaban J connectivity index is 4.61. The molecule has 0 aliphatic heterocycles. The van der Waals surface area contributed by atoms with Gasteiger partial charge in [-0.3, -0.25) is 4.79 Å². The summed E-state index contributed by atoms with van der Waals surface area (Å²) < 4.78 is -1.99. The van der Waals surface area contributed by atoms with Crippen molar-refractivity contribution in [2.75, 3.05) is 0 Å². The van der Waals surface area contributed by atoms with Crippen LogP contribution in [0.1, 0.15) is 0 Å². The maximum Gasteiger partial charge on any atom is 0.230 e. The van der Waals surface area contributed by atoms with Crippen molar-refractivity contribution in [3.05, 3.63) is 10.4 Å². The van der Waals surface area contributed by atoms with Crippen LogP contribution in [0.5, 0.6) is 0 Å². The van der Waals surface area contributed by atoms with Crippen molar-refractivity contribution < 1.29 is 4.79 Å². The highest BCUT2D eigenvalue weighted by Gasteiger charge is 2.36. The summed E-state index contributed by atoms with van der Waals surface area (Å²) in [6.45, 7) is 0. The van der Waals surface area contributed by atoms with E-state index in [1.165, 1.54) is 0 Å². The molecule has 0 aliphatic rings.